The van der Waals surface area contributed by atoms with Gasteiger partial charge in [-0.05, 0) is 62.6 Å². The van der Waals surface area contributed by atoms with Gasteiger partial charge in [-0.1, -0.05) is 30.3 Å². The maximum Gasteiger partial charge on any atom is 0.228 e. The standard InChI is InChI=1S/C22H28N2O2.BrH/c1-2-26-21-12-10-20(11-13-21)23-22(25)19-9-6-15-24(17-19)16-14-18-7-4-3-5-8-18;/h3-5,7-8,10-13,19H,2,6,9,14-17H2,1H3,(H,23,25);1H. The van der Waals surface area contributed by atoms with Crippen LogP contribution in [0.4, 0.5) is 5.69 Å². The van der Waals surface area contributed by atoms with Gasteiger partial charge in [0, 0.05) is 18.8 Å². The van der Waals surface area contributed by atoms with Crippen LogP contribution in [0.3, 0.4) is 0 Å². The summed E-state index contributed by atoms with van der Waals surface area (Å²) >= 11 is 0. The number of nitrogens with zero attached hydrogens (tertiary/aromatic N) is 1. The van der Waals surface area contributed by atoms with E-state index in [0.717, 1.165) is 50.3 Å². The second-order valence-corrected chi connectivity index (χ2v) is 6.82. The Morgan fingerprint density at radius 2 is 1.89 bits per heavy atom. The zero-order valence-corrected chi connectivity index (χ0v) is 17.6. The lowest BCUT2D eigenvalue weighted by Gasteiger charge is -2.32. The molecule has 1 atom stereocenters. The zero-order valence-electron chi connectivity index (χ0n) is 15.9. The minimum atomic E-state index is 0. The van der Waals surface area contributed by atoms with E-state index in [4.69, 9.17) is 4.74 Å². The van der Waals surface area contributed by atoms with Crippen molar-refractivity contribution in [1.82, 2.24) is 4.90 Å². The lowest BCUT2D eigenvalue weighted by atomic mass is 9.96. The number of ether oxygens (including phenoxy) is 1. The van der Waals surface area contributed by atoms with Crippen molar-refractivity contribution in [2.75, 3.05) is 31.6 Å². The SMILES string of the molecule is Br.CCOc1ccc(NC(=O)C2CCCN(CCc3ccccc3)C2)cc1. The van der Waals surface area contributed by atoms with E-state index in [1.165, 1.54) is 5.56 Å². The molecule has 1 aliphatic rings. The molecule has 1 amide bonds. The van der Waals surface area contributed by atoms with Crippen molar-refractivity contribution in [1.29, 1.82) is 0 Å². The number of rotatable bonds is 7. The fourth-order valence-corrected chi connectivity index (χ4v) is 3.45. The molecule has 1 aliphatic heterocycles. The molecule has 0 aromatic heterocycles. The zero-order chi connectivity index (χ0) is 18.2. The normalized spacial score (nSPS) is 17.0. The summed E-state index contributed by atoms with van der Waals surface area (Å²) in [5, 5.41) is 3.05. The van der Waals surface area contributed by atoms with Gasteiger partial charge in [0.1, 0.15) is 5.75 Å². The highest BCUT2D eigenvalue weighted by Gasteiger charge is 2.25. The Labute approximate surface area is 172 Å². The van der Waals surface area contributed by atoms with Crippen LogP contribution in [0.15, 0.2) is 54.6 Å². The minimum Gasteiger partial charge on any atom is -0.494 e. The van der Waals surface area contributed by atoms with Crippen molar-refractivity contribution < 1.29 is 9.53 Å². The van der Waals surface area contributed by atoms with Crippen molar-refractivity contribution in [3.05, 3.63) is 60.2 Å². The van der Waals surface area contributed by atoms with Crippen LogP contribution in [0.1, 0.15) is 25.3 Å². The number of hydrogen-bond acceptors (Lipinski definition) is 3. The molecule has 0 radical (unpaired) electrons. The second kappa shape index (κ2) is 11.1. The van der Waals surface area contributed by atoms with Crippen LogP contribution in [-0.4, -0.2) is 37.0 Å². The molecule has 0 spiro atoms. The third-order valence-electron chi connectivity index (χ3n) is 4.87. The van der Waals surface area contributed by atoms with E-state index in [-0.39, 0.29) is 28.8 Å². The Balaban J connectivity index is 0.00000261. The summed E-state index contributed by atoms with van der Waals surface area (Å²) in [6.07, 6.45) is 3.08. The average molecular weight is 433 g/mol. The molecular weight excluding hydrogens is 404 g/mol. The number of piperidine rings is 1. The summed E-state index contributed by atoms with van der Waals surface area (Å²) in [6.45, 7) is 5.54. The van der Waals surface area contributed by atoms with Gasteiger partial charge >= 0.3 is 0 Å². The number of carbonyl (C=O) groups excluding carboxylic acids is 1. The Morgan fingerprint density at radius 3 is 2.59 bits per heavy atom. The molecule has 0 bridgehead atoms. The van der Waals surface area contributed by atoms with Gasteiger partial charge in [-0.2, -0.15) is 0 Å². The number of carbonyl (C=O) groups is 1. The molecule has 5 heteroatoms. The molecule has 4 nitrogen and oxygen atoms in total. The van der Waals surface area contributed by atoms with Crippen molar-refractivity contribution in [3.8, 4) is 5.75 Å². The molecule has 3 rings (SSSR count). The summed E-state index contributed by atoms with van der Waals surface area (Å²) in [6, 6.07) is 18.1. The fourth-order valence-electron chi connectivity index (χ4n) is 3.45. The molecular formula is C22H29BrN2O2. The number of likely N-dealkylation sites (tertiary alicyclic amines) is 1. The maximum atomic E-state index is 12.6. The Kier molecular flexibility index (Phi) is 8.82. The molecule has 2 aromatic rings. The first kappa shape index (κ1) is 21.5. The predicted octanol–water partition coefficient (Wildman–Crippen LogP) is 4.56. The lowest BCUT2D eigenvalue weighted by Crippen LogP contribution is -2.41. The van der Waals surface area contributed by atoms with Crippen molar-refractivity contribution >= 4 is 28.6 Å². The first-order chi connectivity index (χ1) is 12.7. The average Bonchev–Trinajstić information content (AvgIpc) is 2.69. The Morgan fingerprint density at radius 1 is 1.15 bits per heavy atom. The first-order valence-corrected chi connectivity index (χ1v) is 9.54. The van der Waals surface area contributed by atoms with Crippen LogP contribution < -0.4 is 10.1 Å². The van der Waals surface area contributed by atoms with E-state index in [2.05, 4.69) is 34.5 Å². The van der Waals surface area contributed by atoms with Crippen LogP contribution in [0.25, 0.3) is 0 Å². The number of benzene rings is 2. The maximum absolute atomic E-state index is 12.6. The predicted molar refractivity (Wildman–Crippen MR) is 116 cm³/mol. The van der Waals surface area contributed by atoms with Gasteiger partial charge in [-0.25, -0.2) is 0 Å². The topological polar surface area (TPSA) is 41.6 Å². The highest BCUT2D eigenvalue weighted by atomic mass is 79.9. The Bertz CT molecular complexity index is 691. The molecule has 27 heavy (non-hydrogen) atoms. The van der Waals surface area contributed by atoms with E-state index in [1.807, 2.05) is 37.3 Å². The summed E-state index contributed by atoms with van der Waals surface area (Å²) < 4.78 is 5.44. The molecule has 1 saturated heterocycles. The van der Waals surface area contributed by atoms with E-state index < -0.39 is 0 Å². The number of hydrogen-bond donors (Lipinski definition) is 1. The van der Waals surface area contributed by atoms with E-state index in [9.17, 15) is 4.79 Å². The second-order valence-electron chi connectivity index (χ2n) is 6.82. The van der Waals surface area contributed by atoms with Gasteiger partial charge < -0.3 is 15.0 Å². The van der Waals surface area contributed by atoms with Gasteiger partial charge in [-0.15, -0.1) is 17.0 Å². The first-order valence-electron chi connectivity index (χ1n) is 9.54. The van der Waals surface area contributed by atoms with Crippen molar-refractivity contribution in [2.45, 2.75) is 26.2 Å². The highest BCUT2D eigenvalue weighted by Crippen LogP contribution is 2.21. The number of nitrogens with one attached hydrogen (secondary N) is 1. The molecule has 1 heterocycles. The van der Waals surface area contributed by atoms with Gasteiger partial charge in [-0.3, -0.25) is 4.79 Å². The summed E-state index contributed by atoms with van der Waals surface area (Å²) in [7, 11) is 0. The van der Waals surface area contributed by atoms with Crippen molar-refractivity contribution in [2.24, 2.45) is 5.92 Å². The van der Waals surface area contributed by atoms with Gasteiger partial charge in [0.05, 0.1) is 12.5 Å². The van der Waals surface area contributed by atoms with Crippen LogP contribution in [0.5, 0.6) is 5.75 Å². The molecule has 0 aliphatic carbocycles. The minimum absolute atomic E-state index is 0. The van der Waals surface area contributed by atoms with Crippen LogP contribution >= 0.6 is 17.0 Å². The third kappa shape index (κ3) is 6.67. The van der Waals surface area contributed by atoms with Gasteiger partial charge in [0.2, 0.25) is 5.91 Å². The lowest BCUT2D eigenvalue weighted by molar-refractivity contribution is -0.121. The molecule has 146 valence electrons. The summed E-state index contributed by atoms with van der Waals surface area (Å²) in [4.78, 5) is 15.0. The monoisotopic (exact) mass is 432 g/mol. The number of halogens is 1. The molecule has 1 unspecified atom stereocenters. The van der Waals surface area contributed by atoms with Gasteiger partial charge in [0.15, 0.2) is 0 Å². The molecule has 2 aromatic carbocycles. The highest BCUT2D eigenvalue weighted by molar-refractivity contribution is 8.93. The number of amides is 1. The third-order valence-corrected chi connectivity index (χ3v) is 4.87. The summed E-state index contributed by atoms with van der Waals surface area (Å²) in [5.41, 5.74) is 2.19. The quantitative estimate of drug-likeness (QED) is 0.696. The summed E-state index contributed by atoms with van der Waals surface area (Å²) in [5.74, 6) is 1.01. The number of anilines is 1. The van der Waals surface area contributed by atoms with E-state index >= 15 is 0 Å². The largest absolute Gasteiger partial charge is 0.494 e. The van der Waals surface area contributed by atoms with Crippen LogP contribution in [-0.2, 0) is 11.2 Å². The van der Waals surface area contributed by atoms with Crippen molar-refractivity contribution in [3.63, 3.8) is 0 Å². The van der Waals surface area contributed by atoms with E-state index in [0.29, 0.717) is 6.61 Å². The van der Waals surface area contributed by atoms with E-state index in [1.54, 1.807) is 0 Å². The fraction of sp³-hybridized carbons (Fsp3) is 0.409. The van der Waals surface area contributed by atoms with Gasteiger partial charge in [0.25, 0.3) is 0 Å². The molecule has 0 saturated carbocycles. The Hall–Kier alpha value is -1.85. The molecule has 1 fully saturated rings. The molecule has 1 N–H and O–H groups in total. The van der Waals surface area contributed by atoms with Crippen LogP contribution in [0, 0.1) is 5.92 Å². The smallest absolute Gasteiger partial charge is 0.228 e. The van der Waals surface area contributed by atoms with Crippen LogP contribution in [0.2, 0.25) is 0 Å².